The zero-order valence-electron chi connectivity index (χ0n) is 11.6. The van der Waals surface area contributed by atoms with Crippen molar-refractivity contribution >= 4 is 35.1 Å². The van der Waals surface area contributed by atoms with E-state index in [0.717, 1.165) is 17.7 Å². The van der Waals surface area contributed by atoms with Crippen LogP contribution in [0, 0.1) is 5.82 Å². The number of hydrogen-bond acceptors (Lipinski definition) is 2. The molecule has 0 saturated heterocycles. The number of benzene rings is 2. The van der Waals surface area contributed by atoms with E-state index in [9.17, 15) is 9.18 Å². The second-order valence-electron chi connectivity index (χ2n) is 4.96. The van der Waals surface area contributed by atoms with E-state index in [-0.39, 0.29) is 17.9 Å². The van der Waals surface area contributed by atoms with Crippen molar-refractivity contribution in [1.82, 2.24) is 5.32 Å². The highest BCUT2D eigenvalue weighted by Gasteiger charge is 2.24. The molecule has 0 unspecified atom stereocenters. The van der Waals surface area contributed by atoms with Crippen LogP contribution in [-0.2, 0) is 0 Å². The number of rotatable bonds is 2. The molecule has 2 amide bonds. The number of thioether (sulfide) groups is 1. The summed E-state index contributed by atoms with van der Waals surface area (Å²) in [5.74, 6) is 0.542. The van der Waals surface area contributed by atoms with Crippen molar-refractivity contribution in [2.75, 3.05) is 11.1 Å². The van der Waals surface area contributed by atoms with Crippen molar-refractivity contribution in [3.05, 3.63) is 58.9 Å². The maximum atomic E-state index is 13.8. The first-order valence-corrected chi connectivity index (χ1v) is 8.24. The second kappa shape index (κ2) is 6.58. The topological polar surface area (TPSA) is 41.1 Å². The van der Waals surface area contributed by atoms with Gasteiger partial charge in [0.1, 0.15) is 5.82 Å². The summed E-state index contributed by atoms with van der Waals surface area (Å²) in [6, 6.07) is 11.4. The molecule has 3 rings (SSSR count). The standard InChI is InChI=1S/C16H14ClFN2OS/c17-10-3-1-4-11(9-10)19-16(21)20-14-7-8-22-15-12(14)5-2-6-13(15)18/h1-6,9,14H,7-8H2,(H2,19,20,21)/t14-/m0/s1. The van der Waals surface area contributed by atoms with E-state index in [4.69, 9.17) is 11.6 Å². The molecule has 3 nitrogen and oxygen atoms in total. The molecule has 1 heterocycles. The average Bonchev–Trinajstić information content (AvgIpc) is 2.48. The average molecular weight is 337 g/mol. The smallest absolute Gasteiger partial charge is 0.319 e. The summed E-state index contributed by atoms with van der Waals surface area (Å²) in [6.45, 7) is 0. The van der Waals surface area contributed by atoms with Gasteiger partial charge in [-0.15, -0.1) is 11.8 Å². The third kappa shape index (κ3) is 3.36. The summed E-state index contributed by atoms with van der Waals surface area (Å²) in [7, 11) is 0. The van der Waals surface area contributed by atoms with Crippen LogP contribution in [0.1, 0.15) is 18.0 Å². The Balaban J connectivity index is 1.72. The molecule has 22 heavy (non-hydrogen) atoms. The zero-order valence-corrected chi connectivity index (χ0v) is 13.2. The number of nitrogens with one attached hydrogen (secondary N) is 2. The van der Waals surface area contributed by atoms with E-state index in [1.165, 1.54) is 17.8 Å². The fraction of sp³-hybridized carbons (Fsp3) is 0.188. The van der Waals surface area contributed by atoms with Gasteiger partial charge in [0.2, 0.25) is 0 Å². The van der Waals surface area contributed by atoms with Gasteiger partial charge in [0, 0.05) is 21.4 Å². The summed E-state index contributed by atoms with van der Waals surface area (Å²) < 4.78 is 13.8. The maximum absolute atomic E-state index is 13.8. The number of urea groups is 1. The molecule has 0 fully saturated rings. The molecule has 2 N–H and O–H groups in total. The predicted octanol–water partition coefficient (Wildman–Crippen LogP) is 4.84. The normalized spacial score (nSPS) is 16.7. The first kappa shape index (κ1) is 15.2. The van der Waals surface area contributed by atoms with E-state index < -0.39 is 0 Å². The summed E-state index contributed by atoms with van der Waals surface area (Å²) in [6.07, 6.45) is 0.768. The molecule has 114 valence electrons. The largest absolute Gasteiger partial charge is 0.331 e. The monoisotopic (exact) mass is 336 g/mol. The Bertz CT molecular complexity index is 710. The van der Waals surface area contributed by atoms with Crippen LogP contribution in [-0.4, -0.2) is 11.8 Å². The van der Waals surface area contributed by atoms with Crippen LogP contribution >= 0.6 is 23.4 Å². The fourth-order valence-corrected chi connectivity index (χ4v) is 3.76. The van der Waals surface area contributed by atoms with Gasteiger partial charge in [-0.1, -0.05) is 29.8 Å². The molecule has 0 saturated carbocycles. The minimum Gasteiger partial charge on any atom is -0.331 e. The fourth-order valence-electron chi connectivity index (χ4n) is 2.43. The van der Waals surface area contributed by atoms with Gasteiger partial charge in [-0.2, -0.15) is 0 Å². The van der Waals surface area contributed by atoms with Crippen LogP contribution in [0.3, 0.4) is 0 Å². The lowest BCUT2D eigenvalue weighted by atomic mass is 10.0. The van der Waals surface area contributed by atoms with Crippen molar-refractivity contribution in [2.24, 2.45) is 0 Å². The van der Waals surface area contributed by atoms with Gasteiger partial charge in [-0.25, -0.2) is 9.18 Å². The van der Waals surface area contributed by atoms with Crippen LogP contribution in [0.15, 0.2) is 47.4 Å². The van der Waals surface area contributed by atoms with Crippen molar-refractivity contribution in [3.8, 4) is 0 Å². The van der Waals surface area contributed by atoms with Crippen molar-refractivity contribution in [2.45, 2.75) is 17.4 Å². The first-order valence-electron chi connectivity index (χ1n) is 6.88. The molecule has 0 spiro atoms. The minimum absolute atomic E-state index is 0.189. The summed E-state index contributed by atoms with van der Waals surface area (Å²) >= 11 is 7.38. The molecule has 0 bridgehead atoms. The van der Waals surface area contributed by atoms with Crippen LogP contribution in [0.5, 0.6) is 0 Å². The molecule has 1 aliphatic heterocycles. The lowest BCUT2D eigenvalue weighted by Crippen LogP contribution is -2.34. The SMILES string of the molecule is O=C(Nc1cccc(Cl)c1)N[C@H]1CCSc2c(F)cccc21. The van der Waals surface area contributed by atoms with Crippen LogP contribution in [0.2, 0.25) is 5.02 Å². The number of hydrogen-bond donors (Lipinski definition) is 2. The molecule has 1 atom stereocenters. The van der Waals surface area contributed by atoms with E-state index in [1.54, 1.807) is 30.3 Å². The molecule has 0 aliphatic carbocycles. The third-order valence-electron chi connectivity index (χ3n) is 3.41. The molecule has 2 aromatic carbocycles. The predicted molar refractivity (Wildman–Crippen MR) is 88.1 cm³/mol. The Kier molecular flexibility index (Phi) is 4.55. The highest BCUT2D eigenvalue weighted by molar-refractivity contribution is 7.99. The molecular formula is C16H14ClFN2OS. The van der Waals surface area contributed by atoms with Crippen LogP contribution < -0.4 is 10.6 Å². The molecule has 0 radical (unpaired) electrons. The number of carbonyl (C=O) groups excluding carboxylic acids is 1. The number of carbonyl (C=O) groups is 1. The van der Waals surface area contributed by atoms with Gasteiger partial charge in [0.15, 0.2) is 0 Å². The minimum atomic E-state index is -0.325. The Labute approximate surface area is 137 Å². The van der Waals surface area contributed by atoms with E-state index in [2.05, 4.69) is 10.6 Å². The van der Waals surface area contributed by atoms with Crippen LogP contribution in [0.4, 0.5) is 14.9 Å². The Morgan fingerprint density at radius 2 is 2.09 bits per heavy atom. The van der Waals surface area contributed by atoms with Gasteiger partial charge in [-0.3, -0.25) is 0 Å². The van der Waals surface area contributed by atoms with E-state index in [0.29, 0.717) is 15.6 Å². The van der Waals surface area contributed by atoms with Crippen molar-refractivity contribution < 1.29 is 9.18 Å². The first-order chi connectivity index (χ1) is 10.6. The summed E-state index contributed by atoms with van der Waals surface area (Å²) in [5, 5.41) is 6.19. The highest BCUT2D eigenvalue weighted by Crippen LogP contribution is 2.37. The Hall–Kier alpha value is -1.72. The van der Waals surface area contributed by atoms with Gasteiger partial charge >= 0.3 is 6.03 Å². The van der Waals surface area contributed by atoms with Crippen LogP contribution in [0.25, 0.3) is 0 Å². The molecular weight excluding hydrogens is 323 g/mol. The number of halogens is 2. The lowest BCUT2D eigenvalue weighted by Gasteiger charge is -2.26. The van der Waals surface area contributed by atoms with E-state index in [1.807, 2.05) is 6.07 Å². The quantitative estimate of drug-likeness (QED) is 0.824. The maximum Gasteiger partial charge on any atom is 0.319 e. The third-order valence-corrected chi connectivity index (χ3v) is 4.81. The highest BCUT2D eigenvalue weighted by atomic mass is 35.5. The number of amides is 2. The molecule has 6 heteroatoms. The Morgan fingerprint density at radius 1 is 1.27 bits per heavy atom. The summed E-state index contributed by atoms with van der Waals surface area (Å²) in [5.41, 5.74) is 1.45. The van der Waals surface area contributed by atoms with Crippen molar-refractivity contribution in [1.29, 1.82) is 0 Å². The molecule has 0 aromatic heterocycles. The second-order valence-corrected chi connectivity index (χ2v) is 6.50. The lowest BCUT2D eigenvalue weighted by molar-refractivity contribution is 0.248. The van der Waals surface area contributed by atoms with Crippen molar-refractivity contribution in [3.63, 3.8) is 0 Å². The molecule has 1 aliphatic rings. The van der Waals surface area contributed by atoms with Gasteiger partial charge in [0.25, 0.3) is 0 Å². The van der Waals surface area contributed by atoms with Gasteiger partial charge < -0.3 is 10.6 Å². The zero-order chi connectivity index (χ0) is 15.5. The van der Waals surface area contributed by atoms with Gasteiger partial charge in [0.05, 0.1) is 6.04 Å². The van der Waals surface area contributed by atoms with Gasteiger partial charge in [-0.05, 0) is 36.2 Å². The Morgan fingerprint density at radius 3 is 2.91 bits per heavy atom. The summed E-state index contributed by atoms with van der Waals surface area (Å²) in [4.78, 5) is 12.7. The van der Waals surface area contributed by atoms with E-state index >= 15 is 0 Å². The number of fused-ring (bicyclic) bond motifs is 1. The molecule has 2 aromatic rings. The number of anilines is 1.